The van der Waals surface area contributed by atoms with E-state index in [1.54, 1.807) is 18.2 Å². The van der Waals surface area contributed by atoms with Crippen LogP contribution < -0.4 is 15.7 Å². The van der Waals surface area contributed by atoms with Crippen LogP contribution in [-0.2, 0) is 9.59 Å². The van der Waals surface area contributed by atoms with Crippen molar-refractivity contribution in [3.05, 3.63) is 65.0 Å². The first-order valence-electron chi connectivity index (χ1n) is 10.1. The minimum Gasteiger partial charge on any atom is -0.481 e. The van der Waals surface area contributed by atoms with Gasteiger partial charge in [-0.15, -0.1) is 0 Å². The molecule has 31 heavy (non-hydrogen) atoms. The van der Waals surface area contributed by atoms with Crippen molar-refractivity contribution >= 4 is 22.8 Å². The van der Waals surface area contributed by atoms with Gasteiger partial charge < -0.3 is 19.6 Å². The summed E-state index contributed by atoms with van der Waals surface area (Å²) < 4.78 is 11.0. The molecular weight excluding hydrogens is 398 g/mol. The molecule has 0 spiro atoms. The highest BCUT2D eigenvalue weighted by Crippen LogP contribution is 2.29. The van der Waals surface area contributed by atoms with Gasteiger partial charge in [-0.1, -0.05) is 44.2 Å². The zero-order valence-electron chi connectivity index (χ0n) is 17.6. The number of benzene rings is 2. The molecule has 0 fully saturated rings. The number of carboxylic acid groups (broad SMARTS) is 1. The van der Waals surface area contributed by atoms with Crippen LogP contribution in [0.1, 0.15) is 27.2 Å². The Bertz CT molecular complexity index is 1140. The normalized spacial score (nSPS) is 13.0. The van der Waals surface area contributed by atoms with Crippen LogP contribution in [0.3, 0.4) is 0 Å². The first kappa shape index (κ1) is 22.1. The van der Waals surface area contributed by atoms with Crippen molar-refractivity contribution in [1.82, 2.24) is 5.32 Å². The summed E-state index contributed by atoms with van der Waals surface area (Å²) in [4.78, 5) is 35.9. The molecule has 0 aliphatic heterocycles. The molecule has 0 unspecified atom stereocenters. The predicted octanol–water partition coefficient (Wildman–Crippen LogP) is 3.84. The fourth-order valence-electron chi connectivity index (χ4n) is 3.31. The van der Waals surface area contributed by atoms with E-state index in [0.29, 0.717) is 17.8 Å². The Balaban J connectivity index is 1.81. The molecule has 7 heteroatoms. The average molecular weight is 423 g/mol. The van der Waals surface area contributed by atoms with E-state index in [1.165, 1.54) is 13.0 Å². The molecule has 2 aromatic carbocycles. The molecule has 0 saturated carbocycles. The molecule has 0 saturated heterocycles. The Kier molecular flexibility index (Phi) is 6.74. The lowest BCUT2D eigenvalue weighted by Gasteiger charge is -2.20. The number of carbonyl (C=O) groups is 2. The molecule has 7 nitrogen and oxygen atoms in total. The van der Waals surface area contributed by atoms with Crippen LogP contribution in [0.25, 0.3) is 22.1 Å². The summed E-state index contributed by atoms with van der Waals surface area (Å²) in [6, 6.07) is 14.9. The number of carboxylic acids is 1. The van der Waals surface area contributed by atoms with E-state index >= 15 is 0 Å². The molecule has 0 radical (unpaired) electrons. The van der Waals surface area contributed by atoms with Crippen molar-refractivity contribution in [2.45, 2.75) is 39.3 Å². The van der Waals surface area contributed by atoms with Crippen molar-refractivity contribution in [1.29, 1.82) is 0 Å². The fourth-order valence-corrected chi connectivity index (χ4v) is 3.31. The average Bonchev–Trinajstić information content (AvgIpc) is 2.72. The van der Waals surface area contributed by atoms with Crippen LogP contribution >= 0.6 is 0 Å². The highest BCUT2D eigenvalue weighted by atomic mass is 16.5. The van der Waals surface area contributed by atoms with Gasteiger partial charge in [-0.3, -0.25) is 4.79 Å². The number of fused-ring (bicyclic) bond motifs is 1. The molecule has 0 bridgehead atoms. The summed E-state index contributed by atoms with van der Waals surface area (Å²) >= 11 is 0. The molecular formula is C24H25NO6. The number of hydrogen-bond acceptors (Lipinski definition) is 5. The van der Waals surface area contributed by atoms with E-state index in [0.717, 1.165) is 16.5 Å². The molecule has 1 heterocycles. The maximum Gasteiger partial charge on any atom is 0.336 e. The Morgan fingerprint density at radius 2 is 1.77 bits per heavy atom. The summed E-state index contributed by atoms with van der Waals surface area (Å²) in [6.07, 6.45) is -0.618. The van der Waals surface area contributed by atoms with Gasteiger partial charge in [0.25, 0.3) is 5.91 Å². The highest BCUT2D eigenvalue weighted by molar-refractivity contribution is 5.94. The smallest absolute Gasteiger partial charge is 0.336 e. The van der Waals surface area contributed by atoms with Gasteiger partial charge in [-0.05, 0) is 42.5 Å². The van der Waals surface area contributed by atoms with Gasteiger partial charge in [0.15, 0.2) is 6.10 Å². The van der Waals surface area contributed by atoms with Crippen LogP contribution in [0.4, 0.5) is 0 Å². The van der Waals surface area contributed by atoms with Gasteiger partial charge in [0.1, 0.15) is 17.4 Å². The third-order valence-electron chi connectivity index (χ3n) is 4.80. The van der Waals surface area contributed by atoms with Crippen LogP contribution in [0, 0.1) is 5.92 Å². The standard InChI is InChI=1S/C24H25NO6/c1-14(2)11-20(24(28)29)25-23(27)15(3)30-17-9-10-18-19(16-7-5-4-6-8-16)13-22(26)31-21(18)12-17/h4-10,12-15,20H,11H2,1-3H3,(H,25,27)(H,28,29)/t15-,20+/m1/s1. The number of aliphatic carboxylic acids is 1. The molecule has 2 atom stereocenters. The van der Waals surface area contributed by atoms with Gasteiger partial charge >= 0.3 is 11.6 Å². The van der Waals surface area contributed by atoms with Crippen LogP contribution in [0.5, 0.6) is 5.75 Å². The van der Waals surface area contributed by atoms with Crippen LogP contribution in [-0.4, -0.2) is 29.1 Å². The lowest BCUT2D eigenvalue weighted by Crippen LogP contribution is -2.46. The zero-order valence-corrected chi connectivity index (χ0v) is 17.6. The monoisotopic (exact) mass is 423 g/mol. The van der Waals surface area contributed by atoms with E-state index < -0.39 is 29.6 Å². The number of hydrogen-bond donors (Lipinski definition) is 2. The molecule has 0 aliphatic rings. The summed E-state index contributed by atoms with van der Waals surface area (Å²) in [7, 11) is 0. The molecule has 1 amide bonds. The Hall–Kier alpha value is -3.61. The second-order valence-corrected chi connectivity index (χ2v) is 7.79. The molecule has 0 aliphatic carbocycles. The van der Waals surface area contributed by atoms with Gasteiger partial charge in [-0.25, -0.2) is 9.59 Å². The van der Waals surface area contributed by atoms with Crippen molar-refractivity contribution in [2.75, 3.05) is 0 Å². The summed E-state index contributed by atoms with van der Waals surface area (Å²) in [5.74, 6) is -1.18. The van der Waals surface area contributed by atoms with Crippen LogP contribution in [0.2, 0.25) is 0 Å². The minimum atomic E-state index is -1.09. The maximum absolute atomic E-state index is 12.4. The second-order valence-electron chi connectivity index (χ2n) is 7.79. The van der Waals surface area contributed by atoms with E-state index in [-0.39, 0.29) is 5.92 Å². The van der Waals surface area contributed by atoms with Gasteiger partial charge in [0.05, 0.1) is 0 Å². The van der Waals surface area contributed by atoms with Gasteiger partial charge in [0.2, 0.25) is 0 Å². The Morgan fingerprint density at radius 1 is 1.06 bits per heavy atom. The summed E-state index contributed by atoms with van der Waals surface area (Å²) in [5.41, 5.74) is 1.46. The van der Waals surface area contributed by atoms with E-state index in [2.05, 4.69) is 5.32 Å². The Morgan fingerprint density at radius 3 is 2.42 bits per heavy atom. The highest BCUT2D eigenvalue weighted by Gasteiger charge is 2.24. The molecule has 2 N–H and O–H groups in total. The third-order valence-corrected chi connectivity index (χ3v) is 4.80. The first-order valence-corrected chi connectivity index (χ1v) is 10.1. The number of nitrogens with one attached hydrogen (secondary N) is 1. The maximum atomic E-state index is 12.4. The summed E-state index contributed by atoms with van der Waals surface area (Å²) in [6.45, 7) is 5.30. The van der Waals surface area contributed by atoms with Crippen molar-refractivity contribution < 1.29 is 23.8 Å². The second kappa shape index (κ2) is 9.47. The predicted molar refractivity (Wildman–Crippen MR) is 117 cm³/mol. The molecule has 3 aromatic rings. The summed E-state index contributed by atoms with van der Waals surface area (Å²) in [5, 5.41) is 12.6. The number of rotatable bonds is 8. The number of ether oxygens (including phenoxy) is 1. The molecule has 162 valence electrons. The van der Waals surface area contributed by atoms with Gasteiger partial charge in [0, 0.05) is 17.5 Å². The minimum absolute atomic E-state index is 0.111. The lowest BCUT2D eigenvalue weighted by atomic mass is 10.0. The number of amides is 1. The van der Waals surface area contributed by atoms with Crippen molar-refractivity contribution in [3.8, 4) is 16.9 Å². The lowest BCUT2D eigenvalue weighted by molar-refractivity contribution is -0.143. The fraction of sp³-hybridized carbons (Fsp3) is 0.292. The van der Waals surface area contributed by atoms with Gasteiger partial charge in [-0.2, -0.15) is 0 Å². The Labute approximate surface area is 179 Å². The zero-order chi connectivity index (χ0) is 22.5. The first-order chi connectivity index (χ1) is 14.7. The largest absolute Gasteiger partial charge is 0.481 e. The quantitative estimate of drug-likeness (QED) is 0.533. The van der Waals surface area contributed by atoms with Crippen LogP contribution in [0.15, 0.2) is 63.8 Å². The topological polar surface area (TPSA) is 106 Å². The molecule has 3 rings (SSSR count). The number of carbonyl (C=O) groups excluding carboxylic acids is 1. The molecule has 1 aromatic heterocycles. The van der Waals surface area contributed by atoms with E-state index in [1.807, 2.05) is 44.2 Å². The van der Waals surface area contributed by atoms with Crippen molar-refractivity contribution in [3.63, 3.8) is 0 Å². The van der Waals surface area contributed by atoms with E-state index in [9.17, 15) is 19.5 Å². The van der Waals surface area contributed by atoms with E-state index in [4.69, 9.17) is 9.15 Å². The third kappa shape index (κ3) is 5.51. The SMILES string of the molecule is CC(C)C[C@H](NC(=O)[C@@H](C)Oc1ccc2c(-c3ccccc3)cc(=O)oc2c1)C(=O)O. The van der Waals surface area contributed by atoms with Crippen molar-refractivity contribution in [2.24, 2.45) is 5.92 Å².